The van der Waals surface area contributed by atoms with E-state index in [-0.39, 0.29) is 55.0 Å². The Morgan fingerprint density at radius 1 is 1.19 bits per heavy atom. The first kappa shape index (κ1) is 23.5. The number of nitrogens with zero attached hydrogens (tertiary/aromatic N) is 2. The van der Waals surface area contributed by atoms with E-state index >= 15 is 0 Å². The van der Waals surface area contributed by atoms with Crippen LogP contribution in [0.4, 0.5) is 0 Å². The van der Waals surface area contributed by atoms with Crippen LogP contribution >= 0.6 is 0 Å². The van der Waals surface area contributed by atoms with Crippen molar-refractivity contribution in [1.82, 2.24) is 15.1 Å². The molecule has 0 bridgehead atoms. The second kappa shape index (κ2) is 10.4. The third kappa shape index (κ3) is 5.00. The molecule has 2 aliphatic rings. The maximum Gasteiger partial charge on any atom is 0.242 e. The van der Waals surface area contributed by atoms with E-state index in [4.69, 9.17) is 4.74 Å². The molecule has 1 aliphatic heterocycles. The molecule has 8 nitrogen and oxygen atoms in total. The molecule has 32 heavy (non-hydrogen) atoms. The SMILES string of the molecule is CCNC(=O)[C@H](C)N(Cc1cccc(OC)c1)C(=O)CCN1C(=O)[C@H]2CC=CC[C@H]2C1=O. The first-order valence-corrected chi connectivity index (χ1v) is 11.1. The topological polar surface area (TPSA) is 96.0 Å². The van der Waals surface area contributed by atoms with E-state index < -0.39 is 6.04 Å². The summed E-state index contributed by atoms with van der Waals surface area (Å²) >= 11 is 0. The summed E-state index contributed by atoms with van der Waals surface area (Å²) in [6, 6.07) is 6.60. The van der Waals surface area contributed by atoms with E-state index in [9.17, 15) is 19.2 Å². The van der Waals surface area contributed by atoms with E-state index in [0.717, 1.165) is 5.56 Å². The van der Waals surface area contributed by atoms with Crippen molar-refractivity contribution in [2.24, 2.45) is 11.8 Å². The highest BCUT2D eigenvalue weighted by Gasteiger charge is 2.47. The van der Waals surface area contributed by atoms with Crippen LogP contribution in [0, 0.1) is 11.8 Å². The average Bonchev–Trinajstić information content (AvgIpc) is 3.05. The minimum atomic E-state index is -0.703. The predicted octanol–water partition coefficient (Wildman–Crippen LogP) is 1.89. The van der Waals surface area contributed by atoms with Crippen LogP contribution in [-0.2, 0) is 25.7 Å². The first-order valence-electron chi connectivity index (χ1n) is 11.1. The van der Waals surface area contributed by atoms with E-state index in [2.05, 4.69) is 5.32 Å². The quantitative estimate of drug-likeness (QED) is 0.466. The van der Waals surface area contributed by atoms with Crippen molar-refractivity contribution in [3.05, 3.63) is 42.0 Å². The number of allylic oxidation sites excluding steroid dienone is 2. The Labute approximate surface area is 188 Å². The standard InChI is InChI=1S/C24H31N3O5/c1-4-25-22(29)16(2)27(15-17-8-7-9-18(14-17)32-3)21(28)12-13-26-23(30)19-10-5-6-11-20(19)24(26)31/h5-9,14,16,19-20H,4,10-13,15H2,1-3H3,(H,25,29)/t16-,19-,20+/m0/s1. The summed E-state index contributed by atoms with van der Waals surface area (Å²) in [5.41, 5.74) is 0.819. The van der Waals surface area contributed by atoms with Gasteiger partial charge in [0, 0.05) is 26.1 Å². The number of carbonyl (C=O) groups excluding carboxylic acids is 4. The number of likely N-dealkylation sites (N-methyl/N-ethyl adjacent to an activating group) is 1. The molecule has 0 unspecified atom stereocenters. The summed E-state index contributed by atoms with van der Waals surface area (Å²) in [5, 5.41) is 2.75. The van der Waals surface area contributed by atoms with Gasteiger partial charge in [0.25, 0.3) is 0 Å². The van der Waals surface area contributed by atoms with Gasteiger partial charge in [0.1, 0.15) is 11.8 Å². The molecule has 1 aliphatic carbocycles. The van der Waals surface area contributed by atoms with Gasteiger partial charge in [-0.15, -0.1) is 0 Å². The number of carbonyl (C=O) groups is 4. The fourth-order valence-electron chi connectivity index (χ4n) is 4.31. The number of nitrogens with one attached hydrogen (secondary N) is 1. The highest BCUT2D eigenvalue weighted by atomic mass is 16.5. The van der Waals surface area contributed by atoms with Gasteiger partial charge in [0.2, 0.25) is 23.6 Å². The molecule has 1 fully saturated rings. The van der Waals surface area contributed by atoms with Gasteiger partial charge in [0.15, 0.2) is 0 Å². The average molecular weight is 442 g/mol. The molecule has 3 atom stereocenters. The fourth-order valence-corrected chi connectivity index (χ4v) is 4.31. The van der Waals surface area contributed by atoms with E-state index in [0.29, 0.717) is 25.1 Å². The normalized spacial score (nSPS) is 20.7. The molecule has 0 spiro atoms. The summed E-state index contributed by atoms with van der Waals surface area (Å²) in [6.45, 7) is 4.19. The van der Waals surface area contributed by atoms with Crippen molar-refractivity contribution in [2.45, 2.75) is 45.7 Å². The molecule has 1 aromatic rings. The minimum absolute atomic E-state index is 0.0280. The van der Waals surface area contributed by atoms with Crippen molar-refractivity contribution in [3.63, 3.8) is 0 Å². The van der Waals surface area contributed by atoms with E-state index in [1.54, 1.807) is 14.0 Å². The molecule has 1 heterocycles. The van der Waals surface area contributed by atoms with Crippen LogP contribution in [0.1, 0.15) is 38.7 Å². The van der Waals surface area contributed by atoms with Crippen LogP contribution < -0.4 is 10.1 Å². The van der Waals surface area contributed by atoms with Gasteiger partial charge in [-0.05, 0) is 44.4 Å². The van der Waals surface area contributed by atoms with Gasteiger partial charge in [-0.2, -0.15) is 0 Å². The number of hydrogen-bond acceptors (Lipinski definition) is 5. The molecule has 0 aromatic heterocycles. The first-order chi connectivity index (χ1) is 15.4. The van der Waals surface area contributed by atoms with Crippen molar-refractivity contribution in [1.29, 1.82) is 0 Å². The molecule has 4 amide bonds. The Kier molecular flexibility index (Phi) is 7.66. The Bertz CT molecular complexity index is 887. The number of amides is 4. The van der Waals surface area contributed by atoms with E-state index in [1.165, 1.54) is 9.80 Å². The number of methoxy groups -OCH3 is 1. The summed E-state index contributed by atoms with van der Waals surface area (Å²) in [7, 11) is 1.57. The Hall–Kier alpha value is -3.16. The van der Waals surface area contributed by atoms with Crippen molar-refractivity contribution in [3.8, 4) is 5.75 Å². The zero-order valence-corrected chi connectivity index (χ0v) is 18.9. The highest BCUT2D eigenvalue weighted by Crippen LogP contribution is 2.35. The molecule has 3 rings (SSSR count). The largest absolute Gasteiger partial charge is 0.497 e. The molecular formula is C24H31N3O5. The monoisotopic (exact) mass is 441 g/mol. The molecule has 0 radical (unpaired) electrons. The van der Waals surface area contributed by atoms with Crippen molar-refractivity contribution >= 4 is 23.6 Å². The van der Waals surface area contributed by atoms with Crippen LogP contribution in [0.5, 0.6) is 5.75 Å². The summed E-state index contributed by atoms with van der Waals surface area (Å²) in [5.74, 6) is -0.921. The number of hydrogen-bond donors (Lipinski definition) is 1. The fraction of sp³-hybridized carbons (Fsp3) is 0.500. The van der Waals surface area contributed by atoms with Crippen LogP contribution in [0.3, 0.4) is 0 Å². The van der Waals surface area contributed by atoms with Crippen molar-refractivity contribution in [2.75, 3.05) is 20.2 Å². The van der Waals surface area contributed by atoms with Crippen LogP contribution in [0.2, 0.25) is 0 Å². The summed E-state index contributed by atoms with van der Waals surface area (Å²) in [4.78, 5) is 53.8. The summed E-state index contributed by atoms with van der Waals surface area (Å²) < 4.78 is 5.26. The highest BCUT2D eigenvalue weighted by molar-refractivity contribution is 6.05. The van der Waals surface area contributed by atoms with Crippen LogP contribution in [0.25, 0.3) is 0 Å². The second-order valence-electron chi connectivity index (χ2n) is 8.18. The molecule has 172 valence electrons. The number of rotatable bonds is 9. The Balaban J connectivity index is 1.72. The van der Waals surface area contributed by atoms with Crippen molar-refractivity contribution < 1.29 is 23.9 Å². The Morgan fingerprint density at radius 2 is 1.84 bits per heavy atom. The lowest BCUT2D eigenvalue weighted by molar-refractivity contribution is -0.143. The lowest BCUT2D eigenvalue weighted by Gasteiger charge is -2.29. The van der Waals surface area contributed by atoms with Crippen LogP contribution in [-0.4, -0.2) is 59.7 Å². The van der Waals surface area contributed by atoms with Gasteiger partial charge < -0.3 is 15.0 Å². The van der Waals surface area contributed by atoms with Gasteiger partial charge in [-0.25, -0.2) is 0 Å². The zero-order valence-electron chi connectivity index (χ0n) is 18.9. The lowest BCUT2D eigenvalue weighted by Crippen LogP contribution is -2.48. The smallest absolute Gasteiger partial charge is 0.242 e. The third-order valence-corrected chi connectivity index (χ3v) is 6.15. The number of likely N-dealkylation sites (tertiary alicyclic amines) is 1. The number of fused-ring (bicyclic) bond motifs is 1. The predicted molar refractivity (Wildman–Crippen MR) is 118 cm³/mol. The van der Waals surface area contributed by atoms with Gasteiger partial charge >= 0.3 is 0 Å². The van der Waals surface area contributed by atoms with Gasteiger partial charge in [-0.3, -0.25) is 24.1 Å². The molecule has 1 saturated heterocycles. The maximum absolute atomic E-state index is 13.2. The number of benzene rings is 1. The molecule has 8 heteroatoms. The van der Waals surface area contributed by atoms with Gasteiger partial charge in [-0.1, -0.05) is 24.3 Å². The number of imide groups is 1. The number of ether oxygens (including phenoxy) is 1. The van der Waals surface area contributed by atoms with Crippen LogP contribution in [0.15, 0.2) is 36.4 Å². The molecule has 0 saturated carbocycles. The zero-order chi connectivity index (χ0) is 23.3. The van der Waals surface area contributed by atoms with E-state index in [1.807, 2.05) is 43.3 Å². The molecule has 1 N–H and O–H groups in total. The lowest BCUT2D eigenvalue weighted by atomic mass is 9.85. The second-order valence-corrected chi connectivity index (χ2v) is 8.18. The molecule has 1 aromatic carbocycles. The molecular weight excluding hydrogens is 410 g/mol. The Morgan fingerprint density at radius 3 is 2.44 bits per heavy atom. The third-order valence-electron chi connectivity index (χ3n) is 6.15. The van der Waals surface area contributed by atoms with Gasteiger partial charge in [0.05, 0.1) is 18.9 Å². The minimum Gasteiger partial charge on any atom is -0.497 e. The maximum atomic E-state index is 13.2. The summed E-state index contributed by atoms with van der Waals surface area (Å²) in [6.07, 6.45) is 4.97.